The first-order valence-corrected chi connectivity index (χ1v) is 20.4. The van der Waals surface area contributed by atoms with Crippen molar-refractivity contribution in [2.24, 2.45) is 5.92 Å². The van der Waals surface area contributed by atoms with Crippen molar-refractivity contribution < 1.29 is 20.4 Å². The van der Waals surface area contributed by atoms with Crippen LogP contribution in [0.1, 0.15) is 64.7 Å². The van der Waals surface area contributed by atoms with E-state index in [9.17, 15) is 0 Å². The first-order chi connectivity index (χ1) is 14.6. The van der Waals surface area contributed by atoms with Gasteiger partial charge in [0.15, 0.2) is 0 Å². The summed E-state index contributed by atoms with van der Waals surface area (Å²) in [5, 5.41) is 0. The fourth-order valence-electron chi connectivity index (χ4n) is 5.63. The molecule has 0 saturated carbocycles. The molecule has 0 aromatic heterocycles. The van der Waals surface area contributed by atoms with Gasteiger partial charge in [0.2, 0.25) is 0 Å². The molecule has 2 unspecified atom stereocenters. The SMILES string of the molecule is CC1=C(C)C(C)[C]([Zr]([CH]2C=C(c3cc(C)c(C)cc3C)c3ccccc32)=[Si](C)C)=C1C.Cl.Cl. The van der Waals surface area contributed by atoms with E-state index in [1.54, 1.807) is 22.3 Å². The monoisotopic (exact) mass is 574 g/mol. The Balaban J connectivity index is 0.00000193. The molecule has 176 valence electrons. The predicted octanol–water partition coefficient (Wildman–Crippen LogP) is 9.07. The molecule has 0 amide bonds. The number of aryl methyl sites for hydroxylation is 3. The van der Waals surface area contributed by atoms with E-state index >= 15 is 0 Å². The summed E-state index contributed by atoms with van der Waals surface area (Å²) in [4.78, 5) is 0. The molecule has 0 nitrogen and oxygen atoms in total. The zero-order valence-electron chi connectivity index (χ0n) is 21.5. The van der Waals surface area contributed by atoms with E-state index in [1.165, 1.54) is 33.4 Å². The van der Waals surface area contributed by atoms with Gasteiger partial charge in [0.25, 0.3) is 0 Å². The van der Waals surface area contributed by atoms with Crippen LogP contribution in [0.3, 0.4) is 0 Å². The Kier molecular flexibility index (Phi) is 9.48. The molecule has 0 spiro atoms. The number of benzene rings is 2. The Hall–Kier alpha value is -0.660. The van der Waals surface area contributed by atoms with E-state index in [1.807, 2.05) is 3.28 Å². The minimum Gasteiger partial charge on any atom is -0.147 e. The minimum atomic E-state index is -1.93. The van der Waals surface area contributed by atoms with Gasteiger partial charge in [-0.1, -0.05) is 0 Å². The van der Waals surface area contributed by atoms with Crippen LogP contribution >= 0.6 is 24.8 Å². The number of hydrogen-bond acceptors (Lipinski definition) is 0. The second-order valence-electron chi connectivity index (χ2n) is 9.88. The Morgan fingerprint density at radius 3 is 1.94 bits per heavy atom. The van der Waals surface area contributed by atoms with Crippen LogP contribution in [0.4, 0.5) is 0 Å². The molecule has 0 bridgehead atoms. The smallest absolute Gasteiger partial charge is 0.147 e. The number of fused-ring (bicyclic) bond motifs is 1. The van der Waals surface area contributed by atoms with Crippen LogP contribution < -0.4 is 0 Å². The fraction of sp³-hybridized carbons (Fsp3) is 0.379. The van der Waals surface area contributed by atoms with Gasteiger partial charge in [-0.2, -0.15) is 0 Å². The normalized spacial score (nSPS) is 19.1. The average molecular weight is 577 g/mol. The van der Waals surface area contributed by atoms with Crippen LogP contribution in [-0.2, 0) is 20.4 Å². The second kappa shape index (κ2) is 10.9. The first kappa shape index (κ1) is 28.6. The third kappa shape index (κ3) is 4.88. The van der Waals surface area contributed by atoms with Crippen LogP contribution in [0.25, 0.3) is 5.57 Å². The zero-order valence-corrected chi connectivity index (χ0v) is 26.6. The van der Waals surface area contributed by atoms with Crippen molar-refractivity contribution >= 4 is 35.8 Å². The van der Waals surface area contributed by atoms with Crippen LogP contribution in [0.5, 0.6) is 0 Å². The number of allylic oxidation sites excluding steroid dienone is 5. The summed E-state index contributed by atoms with van der Waals surface area (Å²) in [6.07, 6.45) is 2.71. The van der Waals surface area contributed by atoms with Crippen molar-refractivity contribution in [1.29, 1.82) is 0 Å². The summed E-state index contributed by atoms with van der Waals surface area (Å²) in [6, 6.07) is 14.1. The maximum atomic E-state index is 2.71. The van der Waals surface area contributed by atoms with E-state index in [2.05, 4.69) is 104 Å². The topological polar surface area (TPSA) is 0 Å². The van der Waals surface area contributed by atoms with Crippen molar-refractivity contribution in [3.63, 3.8) is 0 Å². The molecule has 2 aliphatic rings. The number of halogens is 2. The molecule has 33 heavy (non-hydrogen) atoms. The Morgan fingerprint density at radius 2 is 1.36 bits per heavy atom. The van der Waals surface area contributed by atoms with Gasteiger partial charge in [-0.15, -0.1) is 24.8 Å². The molecule has 2 aromatic rings. The molecule has 0 radical (unpaired) electrons. The van der Waals surface area contributed by atoms with Gasteiger partial charge >= 0.3 is 198 Å². The summed E-state index contributed by atoms with van der Waals surface area (Å²) in [5.74, 6) is 0.655. The molecule has 2 atom stereocenters. The molecular formula is C29H38Cl2SiZr. The molecule has 0 aliphatic heterocycles. The van der Waals surface area contributed by atoms with Crippen molar-refractivity contribution in [3.8, 4) is 0 Å². The Morgan fingerprint density at radius 1 is 0.758 bits per heavy atom. The van der Waals surface area contributed by atoms with Crippen LogP contribution in [0.15, 0.2) is 62.5 Å². The van der Waals surface area contributed by atoms with Crippen LogP contribution in [0, 0.1) is 26.7 Å². The van der Waals surface area contributed by atoms with Gasteiger partial charge in [0.05, 0.1) is 0 Å². The number of rotatable bonds is 3. The van der Waals surface area contributed by atoms with E-state index in [-0.39, 0.29) is 30.2 Å². The Bertz CT molecular complexity index is 1230. The molecule has 0 saturated heterocycles. The van der Waals surface area contributed by atoms with Gasteiger partial charge in [-0.05, 0) is 0 Å². The summed E-state index contributed by atoms with van der Waals surface area (Å²) in [5.41, 5.74) is 14.7. The zero-order chi connectivity index (χ0) is 22.6. The fourth-order valence-corrected chi connectivity index (χ4v) is 25.3. The minimum absolute atomic E-state index is 0. The summed E-state index contributed by atoms with van der Waals surface area (Å²) >= 11 is -1.93. The molecule has 2 aliphatic carbocycles. The molecule has 0 fully saturated rings. The first-order valence-electron chi connectivity index (χ1n) is 11.6. The van der Waals surface area contributed by atoms with Crippen molar-refractivity contribution in [3.05, 3.63) is 95.9 Å². The average Bonchev–Trinajstić information content (AvgIpc) is 3.18. The maximum Gasteiger partial charge on any atom is -0.147 e. The third-order valence-corrected chi connectivity index (χ3v) is 26.4. The van der Waals surface area contributed by atoms with Gasteiger partial charge in [-0.25, -0.2) is 0 Å². The maximum absolute atomic E-state index is 2.71. The van der Waals surface area contributed by atoms with Gasteiger partial charge in [0, 0.05) is 0 Å². The van der Waals surface area contributed by atoms with Crippen molar-refractivity contribution in [2.75, 3.05) is 0 Å². The molecule has 4 heteroatoms. The van der Waals surface area contributed by atoms with E-state index in [0.717, 1.165) is 0 Å². The Labute approximate surface area is 221 Å². The summed E-state index contributed by atoms with van der Waals surface area (Å²) in [7, 11) is 0. The van der Waals surface area contributed by atoms with E-state index in [0.29, 0.717) is 9.54 Å². The standard InChI is InChI=1S/C18H17.C9H13.C2H6Si.2ClH.Zr/c1-12-10-14(3)18(11-13(12)2)17-9-8-15-6-4-5-7-16(15)17;1-6-5-7(2)9(4)8(6)3;1-3-2;;;/h4-11H,1-3H3;6H,1-4H3;1-2H3;2*1H;. The van der Waals surface area contributed by atoms with Crippen LogP contribution in [0.2, 0.25) is 13.1 Å². The molecule has 2 aromatic carbocycles. The molecular weight excluding hydrogens is 539 g/mol. The van der Waals surface area contributed by atoms with Gasteiger partial charge in [0.1, 0.15) is 0 Å². The number of hydrogen-bond donors (Lipinski definition) is 0. The molecule has 4 rings (SSSR count). The van der Waals surface area contributed by atoms with Crippen molar-refractivity contribution in [1.82, 2.24) is 0 Å². The summed E-state index contributed by atoms with van der Waals surface area (Å²) < 4.78 is 2.58. The molecule has 0 heterocycles. The molecule has 0 N–H and O–H groups in total. The quantitative estimate of drug-likeness (QED) is 0.320. The summed E-state index contributed by atoms with van der Waals surface area (Å²) in [6.45, 7) is 21.6. The van der Waals surface area contributed by atoms with Crippen LogP contribution in [-0.4, -0.2) is 5.43 Å². The second-order valence-corrected chi connectivity index (χ2v) is 27.3. The van der Waals surface area contributed by atoms with Gasteiger partial charge < -0.3 is 0 Å². The van der Waals surface area contributed by atoms with E-state index < -0.39 is 20.4 Å². The van der Waals surface area contributed by atoms with Crippen molar-refractivity contribution in [2.45, 2.75) is 65.2 Å². The third-order valence-electron chi connectivity index (χ3n) is 7.83. The van der Waals surface area contributed by atoms with Gasteiger partial charge in [-0.3, -0.25) is 0 Å². The van der Waals surface area contributed by atoms with E-state index in [4.69, 9.17) is 0 Å². The largest absolute Gasteiger partial charge is 0.147 e. The predicted molar refractivity (Wildman–Crippen MR) is 149 cm³/mol.